The van der Waals surface area contributed by atoms with Crippen molar-refractivity contribution in [1.29, 1.82) is 0 Å². The summed E-state index contributed by atoms with van der Waals surface area (Å²) in [4.78, 5) is 23.1. The molecule has 0 radical (unpaired) electrons. The number of carboxylic acids is 1. The van der Waals surface area contributed by atoms with Crippen LogP contribution in [0.2, 0.25) is 0 Å². The topological polar surface area (TPSA) is 101 Å². The number of carboxylic acid groups (broad SMARTS) is 1. The smallest absolute Gasteiger partial charge is 0.308 e. The highest BCUT2D eigenvalue weighted by atomic mass is 32.2. The van der Waals surface area contributed by atoms with Gasteiger partial charge in [-0.05, 0) is 31.4 Å². The zero-order chi connectivity index (χ0) is 16.9. The van der Waals surface area contributed by atoms with Crippen molar-refractivity contribution in [1.82, 2.24) is 5.32 Å². The third kappa shape index (κ3) is 5.14. The van der Waals surface area contributed by atoms with Gasteiger partial charge in [-0.3, -0.25) is 9.59 Å². The molecule has 0 fully saturated rings. The normalized spacial score (nSPS) is 14.1. The van der Waals surface area contributed by atoms with Gasteiger partial charge in [0.2, 0.25) is 5.91 Å². The first kappa shape index (κ1) is 18.2. The van der Waals surface area contributed by atoms with E-state index in [0.29, 0.717) is 0 Å². The number of sulfone groups is 1. The Morgan fingerprint density at radius 3 is 2.36 bits per heavy atom. The molecule has 1 aromatic rings. The van der Waals surface area contributed by atoms with Gasteiger partial charge in [-0.15, -0.1) is 0 Å². The lowest BCUT2D eigenvalue weighted by Crippen LogP contribution is -2.41. The molecule has 0 aromatic heterocycles. The highest BCUT2D eigenvalue weighted by Gasteiger charge is 2.26. The molecule has 0 unspecified atom stereocenters. The summed E-state index contributed by atoms with van der Waals surface area (Å²) in [7, 11) is -3.50. The summed E-state index contributed by atoms with van der Waals surface area (Å²) in [5, 5.41) is 10.5. The van der Waals surface area contributed by atoms with Crippen molar-refractivity contribution in [3.63, 3.8) is 0 Å². The van der Waals surface area contributed by atoms with Gasteiger partial charge in [0.1, 0.15) is 5.25 Å². The number of aryl methyl sites for hydroxylation is 1. The molecule has 2 N–H and O–H groups in total. The van der Waals surface area contributed by atoms with E-state index >= 15 is 0 Å². The molecule has 0 aliphatic heterocycles. The summed E-state index contributed by atoms with van der Waals surface area (Å²) in [5.41, 5.74) is 1.87. The van der Waals surface area contributed by atoms with Crippen LogP contribution in [0.3, 0.4) is 0 Å². The Hall–Kier alpha value is -1.89. The summed E-state index contributed by atoms with van der Waals surface area (Å²) in [6, 6.07) is 7.42. The lowest BCUT2D eigenvalue weighted by molar-refractivity contribution is -0.141. The zero-order valence-electron chi connectivity index (χ0n) is 12.9. The van der Waals surface area contributed by atoms with Gasteiger partial charge in [0.15, 0.2) is 9.84 Å². The molecular weight excluding hydrogens is 306 g/mol. The quantitative estimate of drug-likeness (QED) is 0.771. The summed E-state index contributed by atoms with van der Waals surface area (Å²) in [6.07, 6.45) is 1.24. The number of carbonyl (C=O) groups is 2. The summed E-state index contributed by atoms with van der Waals surface area (Å²) in [5.74, 6) is -2.52. The van der Waals surface area contributed by atoms with Crippen LogP contribution in [-0.4, -0.2) is 43.5 Å². The maximum atomic E-state index is 11.8. The molecule has 0 heterocycles. The Balaban J connectivity index is 2.72. The fourth-order valence-electron chi connectivity index (χ4n) is 1.91. The highest BCUT2D eigenvalue weighted by Crippen LogP contribution is 2.13. The molecule has 0 saturated carbocycles. The highest BCUT2D eigenvalue weighted by molar-refractivity contribution is 7.92. The molecule has 0 aliphatic rings. The van der Waals surface area contributed by atoms with Crippen LogP contribution in [0.25, 0.3) is 0 Å². The molecule has 0 aliphatic carbocycles. The van der Waals surface area contributed by atoms with E-state index in [2.05, 4.69) is 5.32 Å². The molecule has 1 aromatic carbocycles. The lowest BCUT2D eigenvalue weighted by atomic mass is 9.96. The number of hydrogen-bond acceptors (Lipinski definition) is 4. The maximum absolute atomic E-state index is 11.8. The van der Waals surface area contributed by atoms with Crippen LogP contribution >= 0.6 is 0 Å². The van der Waals surface area contributed by atoms with Gasteiger partial charge in [0, 0.05) is 12.8 Å². The fraction of sp³-hybridized carbons (Fsp3) is 0.467. The van der Waals surface area contributed by atoms with Crippen LogP contribution in [0.5, 0.6) is 0 Å². The van der Waals surface area contributed by atoms with Crippen LogP contribution in [0.15, 0.2) is 24.3 Å². The molecule has 0 saturated heterocycles. The van der Waals surface area contributed by atoms with E-state index in [-0.39, 0.29) is 13.0 Å². The number of nitrogens with one attached hydrogen (secondary N) is 1. The summed E-state index contributed by atoms with van der Waals surface area (Å²) >= 11 is 0. The molecule has 7 heteroatoms. The molecule has 1 rings (SSSR count). The average Bonchev–Trinajstić information content (AvgIpc) is 2.42. The molecule has 22 heavy (non-hydrogen) atoms. The average molecular weight is 327 g/mol. The van der Waals surface area contributed by atoms with Crippen molar-refractivity contribution in [2.45, 2.75) is 25.5 Å². The molecular formula is C15H21NO5S. The third-order valence-electron chi connectivity index (χ3n) is 3.61. The number of aliphatic carboxylic acids is 1. The van der Waals surface area contributed by atoms with Gasteiger partial charge in [-0.1, -0.05) is 24.3 Å². The number of hydrogen-bond donors (Lipinski definition) is 2. The monoisotopic (exact) mass is 327 g/mol. The zero-order valence-corrected chi connectivity index (χ0v) is 13.7. The Labute approximate surface area is 130 Å². The summed E-state index contributed by atoms with van der Waals surface area (Å²) in [6.45, 7) is 3.06. The predicted molar refractivity (Wildman–Crippen MR) is 83.3 cm³/mol. The molecule has 2 atom stereocenters. The van der Waals surface area contributed by atoms with E-state index in [1.807, 2.05) is 31.2 Å². The first-order valence-electron chi connectivity index (χ1n) is 6.86. The number of benzene rings is 1. The Bertz CT molecular complexity index is 654. The van der Waals surface area contributed by atoms with Crippen molar-refractivity contribution in [3.05, 3.63) is 35.4 Å². The van der Waals surface area contributed by atoms with Gasteiger partial charge >= 0.3 is 5.97 Å². The van der Waals surface area contributed by atoms with Crippen LogP contribution in [0.1, 0.15) is 18.1 Å². The largest absolute Gasteiger partial charge is 0.481 e. The van der Waals surface area contributed by atoms with E-state index < -0.39 is 32.9 Å². The van der Waals surface area contributed by atoms with Crippen molar-refractivity contribution >= 4 is 21.7 Å². The molecule has 0 spiro atoms. The molecule has 1 amide bonds. The van der Waals surface area contributed by atoms with Crippen LogP contribution in [0, 0.1) is 12.8 Å². The second-order valence-corrected chi connectivity index (χ2v) is 7.75. The summed E-state index contributed by atoms with van der Waals surface area (Å²) < 4.78 is 22.6. The van der Waals surface area contributed by atoms with Crippen LogP contribution in [0.4, 0.5) is 0 Å². The van der Waals surface area contributed by atoms with Crippen LogP contribution < -0.4 is 5.32 Å². The molecule has 0 bridgehead atoms. The van der Waals surface area contributed by atoms with Gasteiger partial charge in [0.25, 0.3) is 0 Å². The fourth-order valence-corrected chi connectivity index (χ4v) is 2.39. The van der Waals surface area contributed by atoms with Crippen molar-refractivity contribution in [2.24, 2.45) is 5.92 Å². The van der Waals surface area contributed by atoms with E-state index in [4.69, 9.17) is 0 Å². The minimum atomic E-state index is -3.50. The number of amides is 1. The standard InChI is InChI=1S/C15H21NO5S/c1-10-6-4-5-7-12(10)8-13(15(18)19)9-16-14(17)11(2)22(3,20)21/h4-7,11,13H,8-9H2,1-3H3,(H,16,17)(H,18,19)/t11-,13+/m1/s1. The van der Waals surface area contributed by atoms with Gasteiger partial charge in [-0.25, -0.2) is 8.42 Å². The van der Waals surface area contributed by atoms with E-state index in [1.165, 1.54) is 6.92 Å². The SMILES string of the molecule is Cc1ccccc1C[C@@H](CNC(=O)[C@@H](C)S(C)(=O)=O)C(=O)O. The Morgan fingerprint density at radius 2 is 1.86 bits per heavy atom. The molecule has 122 valence electrons. The van der Waals surface area contributed by atoms with Gasteiger partial charge in [0.05, 0.1) is 5.92 Å². The first-order valence-corrected chi connectivity index (χ1v) is 8.82. The second kappa shape index (κ2) is 7.40. The minimum absolute atomic E-state index is 0.109. The van der Waals surface area contributed by atoms with Crippen LogP contribution in [-0.2, 0) is 25.8 Å². The third-order valence-corrected chi connectivity index (χ3v) is 5.11. The second-order valence-electron chi connectivity index (χ2n) is 5.38. The Kier molecular flexibility index (Phi) is 6.11. The predicted octanol–water partition coefficient (Wildman–Crippen LogP) is 0.788. The maximum Gasteiger partial charge on any atom is 0.308 e. The van der Waals surface area contributed by atoms with Crippen molar-refractivity contribution in [3.8, 4) is 0 Å². The minimum Gasteiger partial charge on any atom is -0.481 e. The Morgan fingerprint density at radius 1 is 1.27 bits per heavy atom. The number of rotatable bonds is 7. The first-order chi connectivity index (χ1) is 10.1. The van der Waals surface area contributed by atoms with Crippen molar-refractivity contribution < 1.29 is 23.1 Å². The van der Waals surface area contributed by atoms with Crippen molar-refractivity contribution in [2.75, 3.05) is 12.8 Å². The molecule has 6 nitrogen and oxygen atoms in total. The van der Waals surface area contributed by atoms with E-state index in [9.17, 15) is 23.1 Å². The van der Waals surface area contributed by atoms with Gasteiger partial charge in [-0.2, -0.15) is 0 Å². The lowest BCUT2D eigenvalue weighted by Gasteiger charge is -2.16. The van der Waals surface area contributed by atoms with Gasteiger partial charge < -0.3 is 10.4 Å². The van der Waals surface area contributed by atoms with E-state index in [1.54, 1.807) is 0 Å². The van der Waals surface area contributed by atoms with E-state index in [0.717, 1.165) is 17.4 Å². The number of carbonyl (C=O) groups excluding carboxylic acids is 1.